The Balaban J connectivity index is 1.87. The molecule has 1 aromatic rings. The number of nitrogens with one attached hydrogen (secondary N) is 1. The Bertz CT molecular complexity index is 485. The van der Waals surface area contributed by atoms with Gasteiger partial charge in [0.05, 0.1) is 11.6 Å². The Hall–Kier alpha value is -0.740. The smallest absolute Gasteiger partial charge is 0.135 e. The Morgan fingerprint density at radius 3 is 2.80 bits per heavy atom. The topological polar surface area (TPSA) is 24.5 Å². The van der Waals surface area contributed by atoms with E-state index < -0.39 is 0 Å². The van der Waals surface area contributed by atoms with Gasteiger partial charge >= 0.3 is 0 Å². The molecule has 1 saturated carbocycles. The van der Waals surface area contributed by atoms with Crippen LogP contribution in [0.3, 0.4) is 0 Å². The Morgan fingerprint density at radius 2 is 2.10 bits per heavy atom. The minimum Gasteiger partial charge on any atom is -0.495 e. The van der Waals surface area contributed by atoms with Crippen molar-refractivity contribution in [2.75, 3.05) is 25.1 Å². The second-order valence-corrected chi connectivity index (χ2v) is 7.02. The molecule has 1 unspecified atom stereocenters. The molecule has 110 valence electrons. The van der Waals surface area contributed by atoms with E-state index in [9.17, 15) is 0 Å². The third kappa shape index (κ3) is 2.56. The largest absolute Gasteiger partial charge is 0.495 e. The molecule has 1 N–H and O–H groups in total. The summed E-state index contributed by atoms with van der Waals surface area (Å²) in [5, 5.41) is 3.80. The Morgan fingerprint density at radius 1 is 1.35 bits per heavy atom. The maximum Gasteiger partial charge on any atom is 0.135 e. The first-order chi connectivity index (χ1) is 9.63. The molecule has 1 aliphatic carbocycles. The molecule has 20 heavy (non-hydrogen) atoms. The van der Waals surface area contributed by atoms with E-state index >= 15 is 0 Å². The minimum atomic E-state index is 0.340. The summed E-state index contributed by atoms with van der Waals surface area (Å²) in [5.41, 5.74) is 1.61. The number of ether oxygens (including phenoxy) is 1. The highest BCUT2D eigenvalue weighted by Gasteiger charge is 2.40. The van der Waals surface area contributed by atoms with Crippen LogP contribution in [0.5, 0.6) is 5.75 Å². The first-order valence-electron chi connectivity index (χ1n) is 7.49. The van der Waals surface area contributed by atoms with Crippen LogP contribution in [-0.4, -0.2) is 31.8 Å². The lowest BCUT2D eigenvalue weighted by Crippen LogP contribution is -2.62. The van der Waals surface area contributed by atoms with Gasteiger partial charge in [-0.2, -0.15) is 0 Å². The maximum absolute atomic E-state index is 5.44. The van der Waals surface area contributed by atoms with Crippen molar-refractivity contribution < 1.29 is 4.74 Å². The lowest BCUT2D eigenvalue weighted by atomic mass is 9.92. The van der Waals surface area contributed by atoms with E-state index in [4.69, 9.17) is 4.74 Å². The van der Waals surface area contributed by atoms with Crippen molar-refractivity contribution in [3.63, 3.8) is 0 Å². The van der Waals surface area contributed by atoms with Gasteiger partial charge in [-0.25, -0.2) is 0 Å². The van der Waals surface area contributed by atoms with Gasteiger partial charge in [0.2, 0.25) is 0 Å². The van der Waals surface area contributed by atoms with Crippen LogP contribution in [0.2, 0.25) is 0 Å². The van der Waals surface area contributed by atoms with Crippen molar-refractivity contribution in [1.82, 2.24) is 5.32 Å². The molecule has 2 fully saturated rings. The van der Waals surface area contributed by atoms with Crippen molar-refractivity contribution >= 4 is 21.6 Å². The average molecular weight is 339 g/mol. The number of rotatable bonds is 2. The zero-order valence-electron chi connectivity index (χ0n) is 12.3. The summed E-state index contributed by atoms with van der Waals surface area (Å²) in [6.45, 7) is 4.47. The SMILES string of the molecule is COc1cc(N2CC3(CCCC3)NCC2C)ccc1Br. The summed E-state index contributed by atoms with van der Waals surface area (Å²) >= 11 is 3.53. The second kappa shape index (κ2) is 5.57. The summed E-state index contributed by atoms with van der Waals surface area (Å²) in [4.78, 5) is 2.54. The van der Waals surface area contributed by atoms with Crippen molar-refractivity contribution in [3.05, 3.63) is 22.7 Å². The number of benzene rings is 1. The summed E-state index contributed by atoms with van der Waals surface area (Å²) < 4.78 is 6.46. The normalized spacial score (nSPS) is 25.1. The van der Waals surface area contributed by atoms with E-state index in [-0.39, 0.29) is 0 Å². The molecule has 1 saturated heterocycles. The monoisotopic (exact) mass is 338 g/mol. The standard InChI is InChI=1S/C16H23BrN2O/c1-12-10-18-16(7-3-4-8-16)11-19(12)13-5-6-14(17)15(9-13)20-2/h5-6,9,12,18H,3-4,7-8,10-11H2,1-2H3. The third-order valence-corrected chi connectivity index (χ3v) is 5.46. The predicted molar refractivity (Wildman–Crippen MR) is 86.7 cm³/mol. The van der Waals surface area contributed by atoms with E-state index in [2.05, 4.69) is 51.3 Å². The number of hydrogen-bond donors (Lipinski definition) is 1. The second-order valence-electron chi connectivity index (χ2n) is 6.16. The first kappa shape index (κ1) is 14.2. The van der Waals surface area contributed by atoms with Crippen LogP contribution in [0.15, 0.2) is 22.7 Å². The number of halogens is 1. The molecule has 2 aliphatic rings. The van der Waals surface area contributed by atoms with Gasteiger partial charge in [0, 0.05) is 36.4 Å². The van der Waals surface area contributed by atoms with Crippen molar-refractivity contribution in [1.29, 1.82) is 0 Å². The van der Waals surface area contributed by atoms with Crippen molar-refractivity contribution in [2.24, 2.45) is 0 Å². The molecule has 1 aromatic carbocycles. The van der Waals surface area contributed by atoms with Crippen LogP contribution in [0.1, 0.15) is 32.6 Å². The Kier molecular flexibility index (Phi) is 3.95. The number of hydrogen-bond acceptors (Lipinski definition) is 3. The molecular weight excluding hydrogens is 316 g/mol. The van der Waals surface area contributed by atoms with Crippen LogP contribution < -0.4 is 15.0 Å². The quantitative estimate of drug-likeness (QED) is 0.892. The fraction of sp³-hybridized carbons (Fsp3) is 0.625. The van der Waals surface area contributed by atoms with E-state index in [0.29, 0.717) is 11.6 Å². The van der Waals surface area contributed by atoms with Crippen LogP contribution in [0.4, 0.5) is 5.69 Å². The molecule has 1 heterocycles. The molecule has 1 spiro atoms. The predicted octanol–water partition coefficient (Wildman–Crippen LogP) is 3.57. The van der Waals surface area contributed by atoms with Gasteiger partial charge in [-0.15, -0.1) is 0 Å². The molecule has 0 amide bonds. The molecule has 3 nitrogen and oxygen atoms in total. The van der Waals surface area contributed by atoms with Crippen LogP contribution in [-0.2, 0) is 0 Å². The number of methoxy groups -OCH3 is 1. The highest BCUT2D eigenvalue weighted by atomic mass is 79.9. The van der Waals surface area contributed by atoms with Gasteiger partial charge in [-0.3, -0.25) is 0 Å². The highest BCUT2D eigenvalue weighted by Crippen LogP contribution is 2.37. The fourth-order valence-corrected chi connectivity index (χ4v) is 3.98. The molecule has 4 heteroatoms. The molecule has 0 radical (unpaired) electrons. The van der Waals surface area contributed by atoms with Gasteiger partial charge in [0.1, 0.15) is 5.75 Å². The summed E-state index contributed by atoms with van der Waals surface area (Å²) in [6, 6.07) is 6.95. The molecule has 0 bridgehead atoms. The third-order valence-electron chi connectivity index (χ3n) is 4.80. The van der Waals surface area contributed by atoms with Crippen LogP contribution >= 0.6 is 15.9 Å². The molecular formula is C16H23BrN2O. The lowest BCUT2D eigenvalue weighted by Gasteiger charge is -2.46. The molecule has 1 atom stereocenters. The molecule has 0 aromatic heterocycles. The Labute approximate surface area is 129 Å². The van der Waals surface area contributed by atoms with Gasteiger partial charge in [0.25, 0.3) is 0 Å². The van der Waals surface area contributed by atoms with Gasteiger partial charge in [0.15, 0.2) is 0 Å². The average Bonchev–Trinajstić information content (AvgIpc) is 2.91. The van der Waals surface area contributed by atoms with Crippen LogP contribution in [0.25, 0.3) is 0 Å². The zero-order valence-corrected chi connectivity index (χ0v) is 13.9. The summed E-state index contributed by atoms with van der Waals surface area (Å²) in [7, 11) is 1.73. The molecule has 1 aliphatic heterocycles. The summed E-state index contributed by atoms with van der Waals surface area (Å²) in [5.74, 6) is 0.911. The van der Waals surface area contributed by atoms with Gasteiger partial charge < -0.3 is 15.0 Å². The number of piperazine rings is 1. The van der Waals surface area contributed by atoms with E-state index in [0.717, 1.165) is 23.3 Å². The van der Waals surface area contributed by atoms with E-state index in [1.165, 1.54) is 31.4 Å². The maximum atomic E-state index is 5.44. The van der Waals surface area contributed by atoms with Crippen molar-refractivity contribution in [3.8, 4) is 5.75 Å². The highest BCUT2D eigenvalue weighted by molar-refractivity contribution is 9.10. The molecule has 3 rings (SSSR count). The van der Waals surface area contributed by atoms with Crippen molar-refractivity contribution in [2.45, 2.75) is 44.2 Å². The fourth-order valence-electron chi connectivity index (χ4n) is 3.57. The van der Waals surface area contributed by atoms with Crippen LogP contribution in [0, 0.1) is 0 Å². The number of nitrogens with zero attached hydrogens (tertiary/aromatic N) is 1. The first-order valence-corrected chi connectivity index (χ1v) is 8.28. The lowest BCUT2D eigenvalue weighted by molar-refractivity contribution is 0.276. The van der Waals surface area contributed by atoms with Gasteiger partial charge in [-0.1, -0.05) is 12.8 Å². The zero-order chi connectivity index (χ0) is 14.2. The number of anilines is 1. The van der Waals surface area contributed by atoms with E-state index in [1.54, 1.807) is 7.11 Å². The summed E-state index contributed by atoms with van der Waals surface area (Å²) in [6.07, 6.45) is 5.34. The minimum absolute atomic E-state index is 0.340. The van der Waals surface area contributed by atoms with Gasteiger partial charge in [-0.05, 0) is 47.8 Å². The van der Waals surface area contributed by atoms with E-state index in [1.807, 2.05) is 0 Å².